The van der Waals surface area contributed by atoms with Crippen LogP contribution in [0.15, 0.2) is 23.1 Å². The minimum Gasteiger partial charge on any atom is -0.490 e. The van der Waals surface area contributed by atoms with Crippen LogP contribution in [0.3, 0.4) is 0 Å². The van der Waals surface area contributed by atoms with Crippen molar-refractivity contribution in [2.75, 3.05) is 46.0 Å². The van der Waals surface area contributed by atoms with Crippen LogP contribution in [0.25, 0.3) is 0 Å². The molecule has 1 saturated heterocycles. The quantitative estimate of drug-likeness (QED) is 0.577. The molecule has 1 fully saturated rings. The fourth-order valence-corrected chi connectivity index (χ4v) is 5.19. The fraction of sp³-hybridized carbons (Fsp3) is 0.619. The van der Waals surface area contributed by atoms with Gasteiger partial charge in [0, 0.05) is 38.7 Å². The number of piperidine rings is 1. The average molecular weight is 455 g/mol. The second-order valence-electron chi connectivity index (χ2n) is 7.51. The summed E-state index contributed by atoms with van der Waals surface area (Å²) in [6, 6.07) is 4.63. The molecule has 31 heavy (non-hydrogen) atoms. The Kier molecular flexibility index (Phi) is 7.77. The highest BCUT2D eigenvalue weighted by molar-refractivity contribution is 7.89. The van der Waals surface area contributed by atoms with Crippen LogP contribution in [0.5, 0.6) is 11.5 Å². The summed E-state index contributed by atoms with van der Waals surface area (Å²) in [5.74, 6) is -0.132. The Bertz CT molecular complexity index is 891. The molecular formula is C21H30N2O7S. The van der Waals surface area contributed by atoms with Gasteiger partial charge >= 0.3 is 5.97 Å². The van der Waals surface area contributed by atoms with E-state index >= 15 is 0 Å². The molecule has 172 valence electrons. The number of benzene rings is 1. The number of hydrogen-bond donors (Lipinski definition) is 0. The second kappa shape index (κ2) is 10.3. The Labute approximate surface area is 183 Å². The summed E-state index contributed by atoms with van der Waals surface area (Å²) in [4.78, 5) is 26.1. The first-order valence-electron chi connectivity index (χ1n) is 10.7. The number of nitrogens with zero attached hydrogens (tertiary/aromatic N) is 2. The van der Waals surface area contributed by atoms with Crippen molar-refractivity contribution >= 4 is 21.9 Å². The van der Waals surface area contributed by atoms with Gasteiger partial charge in [0.15, 0.2) is 18.1 Å². The first-order valence-corrected chi connectivity index (χ1v) is 12.1. The Morgan fingerprint density at radius 1 is 1.10 bits per heavy atom. The molecule has 1 amide bonds. The maximum absolute atomic E-state index is 13.1. The number of likely N-dealkylation sites (N-methyl/N-ethyl adjacent to an activating group) is 1. The van der Waals surface area contributed by atoms with E-state index in [9.17, 15) is 18.0 Å². The predicted octanol–water partition coefficient (Wildman–Crippen LogP) is 1.66. The topological polar surface area (TPSA) is 102 Å². The molecule has 0 aliphatic carbocycles. The molecule has 3 rings (SSSR count). The highest BCUT2D eigenvalue weighted by Crippen LogP contribution is 2.33. The minimum atomic E-state index is -3.72. The lowest BCUT2D eigenvalue weighted by molar-refractivity contribution is -0.156. The molecule has 0 aromatic heterocycles. The van der Waals surface area contributed by atoms with Crippen LogP contribution in [-0.2, 0) is 24.3 Å². The van der Waals surface area contributed by atoms with Crippen molar-refractivity contribution in [2.45, 2.75) is 38.0 Å². The van der Waals surface area contributed by atoms with E-state index in [0.29, 0.717) is 50.6 Å². The lowest BCUT2D eigenvalue weighted by Gasteiger charge is -2.30. The zero-order chi connectivity index (χ0) is 22.4. The molecule has 0 radical (unpaired) electrons. The third-order valence-electron chi connectivity index (χ3n) is 5.60. The van der Waals surface area contributed by atoms with Crippen molar-refractivity contribution in [1.29, 1.82) is 0 Å². The Balaban J connectivity index is 1.57. The van der Waals surface area contributed by atoms with Crippen LogP contribution in [0.2, 0.25) is 0 Å². The van der Waals surface area contributed by atoms with Gasteiger partial charge in [0.05, 0.1) is 24.0 Å². The standard InChI is InChI=1S/C21H30N2O7S/c1-3-22(4-2)20(24)15-30-21(25)16-8-10-23(11-9-16)31(26,27)17-6-7-18-19(14-17)29-13-5-12-28-18/h6-7,14,16H,3-5,8-13,15H2,1-2H3. The molecule has 0 atom stereocenters. The van der Waals surface area contributed by atoms with Gasteiger partial charge in [0.25, 0.3) is 5.91 Å². The maximum atomic E-state index is 13.1. The first-order chi connectivity index (χ1) is 14.9. The van der Waals surface area contributed by atoms with Gasteiger partial charge in [0.1, 0.15) is 0 Å². The highest BCUT2D eigenvalue weighted by Gasteiger charge is 2.33. The van der Waals surface area contributed by atoms with Crippen LogP contribution in [0, 0.1) is 5.92 Å². The second-order valence-corrected chi connectivity index (χ2v) is 9.45. The SMILES string of the molecule is CCN(CC)C(=O)COC(=O)C1CCN(S(=O)(=O)c2ccc3c(c2)OCCCO3)CC1. The highest BCUT2D eigenvalue weighted by atomic mass is 32.2. The summed E-state index contributed by atoms with van der Waals surface area (Å²) >= 11 is 0. The fourth-order valence-electron chi connectivity index (χ4n) is 3.70. The predicted molar refractivity (Wildman–Crippen MR) is 112 cm³/mol. The number of esters is 1. The van der Waals surface area contributed by atoms with Gasteiger partial charge in [-0.15, -0.1) is 0 Å². The Hall–Kier alpha value is -2.33. The molecule has 10 heteroatoms. The lowest BCUT2D eigenvalue weighted by atomic mass is 9.98. The molecule has 2 aliphatic rings. The zero-order valence-electron chi connectivity index (χ0n) is 18.0. The third kappa shape index (κ3) is 5.48. The molecule has 0 N–H and O–H groups in total. The largest absolute Gasteiger partial charge is 0.490 e. The van der Waals surface area contributed by atoms with Crippen LogP contribution in [-0.4, -0.2) is 75.5 Å². The molecule has 9 nitrogen and oxygen atoms in total. The van der Waals surface area contributed by atoms with Gasteiger partial charge in [-0.05, 0) is 38.8 Å². The van der Waals surface area contributed by atoms with Gasteiger partial charge in [0.2, 0.25) is 10.0 Å². The third-order valence-corrected chi connectivity index (χ3v) is 7.49. The van der Waals surface area contributed by atoms with E-state index < -0.39 is 21.9 Å². The summed E-state index contributed by atoms with van der Waals surface area (Å²) in [5, 5.41) is 0. The number of carbonyl (C=O) groups excluding carboxylic acids is 2. The van der Waals surface area contributed by atoms with Crippen molar-refractivity contribution in [3.8, 4) is 11.5 Å². The zero-order valence-corrected chi connectivity index (χ0v) is 18.9. The lowest BCUT2D eigenvalue weighted by Crippen LogP contribution is -2.41. The first kappa shape index (κ1) is 23.3. The van der Waals surface area contributed by atoms with Crippen LogP contribution >= 0.6 is 0 Å². The van der Waals surface area contributed by atoms with E-state index in [2.05, 4.69) is 0 Å². The number of rotatable bonds is 7. The number of amides is 1. The molecule has 0 spiro atoms. The summed E-state index contributed by atoms with van der Waals surface area (Å²) in [5.41, 5.74) is 0. The summed E-state index contributed by atoms with van der Waals surface area (Å²) in [6.07, 6.45) is 1.44. The number of ether oxygens (including phenoxy) is 3. The van der Waals surface area contributed by atoms with Crippen molar-refractivity contribution in [3.63, 3.8) is 0 Å². The smallest absolute Gasteiger partial charge is 0.309 e. The number of sulfonamides is 1. The molecule has 2 aliphatic heterocycles. The van der Waals surface area contributed by atoms with Crippen molar-refractivity contribution in [3.05, 3.63) is 18.2 Å². The van der Waals surface area contributed by atoms with Crippen molar-refractivity contribution < 1.29 is 32.2 Å². The number of hydrogen-bond acceptors (Lipinski definition) is 7. The van der Waals surface area contributed by atoms with Gasteiger partial charge in [-0.25, -0.2) is 8.42 Å². The molecule has 1 aromatic rings. The van der Waals surface area contributed by atoms with Gasteiger partial charge in [-0.1, -0.05) is 0 Å². The molecule has 0 bridgehead atoms. The van der Waals surface area contributed by atoms with Crippen LogP contribution in [0.1, 0.15) is 33.1 Å². The maximum Gasteiger partial charge on any atom is 0.309 e. The van der Waals surface area contributed by atoms with E-state index in [4.69, 9.17) is 14.2 Å². The van der Waals surface area contributed by atoms with Crippen molar-refractivity contribution in [2.24, 2.45) is 5.92 Å². The molecule has 0 saturated carbocycles. The van der Waals surface area contributed by atoms with E-state index in [-0.39, 0.29) is 30.5 Å². The van der Waals surface area contributed by atoms with E-state index in [1.54, 1.807) is 11.0 Å². The molecular weight excluding hydrogens is 424 g/mol. The summed E-state index contributed by atoms with van der Waals surface area (Å²) < 4.78 is 43.8. The molecule has 0 unspecified atom stereocenters. The van der Waals surface area contributed by atoms with Crippen LogP contribution < -0.4 is 9.47 Å². The summed E-state index contributed by atoms with van der Waals surface area (Å²) in [6.45, 7) is 5.98. The monoisotopic (exact) mass is 454 g/mol. The summed E-state index contributed by atoms with van der Waals surface area (Å²) in [7, 11) is -3.72. The van der Waals surface area contributed by atoms with Crippen molar-refractivity contribution in [1.82, 2.24) is 9.21 Å². The van der Waals surface area contributed by atoms with Gasteiger partial charge in [-0.2, -0.15) is 4.31 Å². The Morgan fingerprint density at radius 3 is 2.39 bits per heavy atom. The molecule has 1 aromatic carbocycles. The minimum absolute atomic E-state index is 0.141. The number of fused-ring (bicyclic) bond motifs is 1. The van der Waals surface area contributed by atoms with Gasteiger partial charge < -0.3 is 19.1 Å². The van der Waals surface area contributed by atoms with E-state index in [1.165, 1.54) is 16.4 Å². The van der Waals surface area contributed by atoms with E-state index in [1.807, 2.05) is 13.8 Å². The van der Waals surface area contributed by atoms with Crippen LogP contribution in [0.4, 0.5) is 0 Å². The molecule has 2 heterocycles. The number of carbonyl (C=O) groups is 2. The average Bonchev–Trinajstić information content (AvgIpc) is 3.03. The normalized spacial score (nSPS) is 17.6. The van der Waals surface area contributed by atoms with Gasteiger partial charge in [-0.3, -0.25) is 9.59 Å². The Morgan fingerprint density at radius 2 is 1.74 bits per heavy atom. The van der Waals surface area contributed by atoms with E-state index in [0.717, 1.165) is 6.42 Å².